The predicted molar refractivity (Wildman–Crippen MR) is 50.4 cm³/mol. The fourth-order valence-corrected chi connectivity index (χ4v) is 1.51. The third-order valence-electron chi connectivity index (χ3n) is 2.20. The van der Waals surface area contributed by atoms with Crippen LogP contribution in [0.2, 0.25) is 0 Å². The van der Waals surface area contributed by atoms with Crippen molar-refractivity contribution >= 4 is 11.0 Å². The normalized spacial score (nSPS) is 11.6. The van der Waals surface area contributed by atoms with Gasteiger partial charge in [0.2, 0.25) is 0 Å². The number of nitriles is 1. The Morgan fingerprint density at radius 3 is 2.75 bits per heavy atom. The Bertz CT molecular complexity index is 563. The van der Waals surface area contributed by atoms with E-state index in [0.29, 0.717) is 11.0 Å². The molecule has 2 aromatic rings. The minimum atomic E-state index is -4.41. The first-order chi connectivity index (χ1) is 7.52. The predicted octanol–water partition coefficient (Wildman–Crippen LogP) is 2.65. The molecule has 0 saturated heterocycles. The summed E-state index contributed by atoms with van der Waals surface area (Å²) >= 11 is 0. The lowest BCUT2D eigenvalue weighted by atomic mass is 10.1. The summed E-state index contributed by atoms with van der Waals surface area (Å²) in [5.41, 5.74) is 0.220. The number of H-pyrrole nitrogens is 1. The lowest BCUT2D eigenvalue weighted by Crippen LogP contribution is -2.05. The third-order valence-corrected chi connectivity index (χ3v) is 2.20. The molecular formula is C10H6F3N3. The van der Waals surface area contributed by atoms with Crippen LogP contribution in [0.15, 0.2) is 18.5 Å². The minimum absolute atomic E-state index is 0.0920. The van der Waals surface area contributed by atoms with Gasteiger partial charge in [-0.15, -0.1) is 0 Å². The molecule has 0 bridgehead atoms. The molecule has 0 aliphatic carbocycles. The van der Waals surface area contributed by atoms with E-state index in [-0.39, 0.29) is 12.0 Å². The summed E-state index contributed by atoms with van der Waals surface area (Å²) in [6.45, 7) is 0. The number of alkyl halides is 3. The lowest BCUT2D eigenvalue weighted by Gasteiger charge is -2.08. The van der Waals surface area contributed by atoms with Gasteiger partial charge in [0.1, 0.15) is 0 Å². The van der Waals surface area contributed by atoms with Crippen molar-refractivity contribution in [2.24, 2.45) is 0 Å². The Hall–Kier alpha value is -2.03. The van der Waals surface area contributed by atoms with Crippen LogP contribution in [0.1, 0.15) is 11.1 Å². The first-order valence-corrected chi connectivity index (χ1v) is 4.42. The van der Waals surface area contributed by atoms with E-state index >= 15 is 0 Å². The summed E-state index contributed by atoms with van der Waals surface area (Å²) < 4.78 is 37.6. The highest BCUT2D eigenvalue weighted by Crippen LogP contribution is 2.32. The first kappa shape index (κ1) is 10.5. The average Bonchev–Trinajstić information content (AvgIpc) is 2.64. The van der Waals surface area contributed by atoms with E-state index in [2.05, 4.69) is 9.97 Å². The van der Waals surface area contributed by atoms with Crippen LogP contribution in [0.25, 0.3) is 11.0 Å². The maximum absolute atomic E-state index is 12.5. The molecule has 2 rings (SSSR count). The fraction of sp³-hybridized carbons (Fsp3) is 0.200. The van der Waals surface area contributed by atoms with E-state index in [0.717, 1.165) is 12.1 Å². The average molecular weight is 225 g/mol. The molecule has 82 valence electrons. The summed E-state index contributed by atoms with van der Waals surface area (Å²) in [5, 5.41) is 8.54. The quantitative estimate of drug-likeness (QED) is 0.811. The number of imidazole rings is 1. The van der Waals surface area contributed by atoms with Crippen LogP contribution < -0.4 is 0 Å². The van der Waals surface area contributed by atoms with E-state index in [4.69, 9.17) is 5.26 Å². The van der Waals surface area contributed by atoms with Crippen LogP contribution in [-0.2, 0) is 12.6 Å². The zero-order chi connectivity index (χ0) is 11.8. The van der Waals surface area contributed by atoms with E-state index in [9.17, 15) is 13.2 Å². The van der Waals surface area contributed by atoms with Gasteiger partial charge >= 0.3 is 6.18 Å². The SMILES string of the molecule is N#CCc1cc(C(F)(F)F)cc2[nH]cnc12. The highest BCUT2D eigenvalue weighted by atomic mass is 19.4. The standard InChI is InChI=1S/C10H6F3N3/c11-10(12,13)7-3-6(1-2-14)9-8(4-7)15-5-16-9/h3-5H,1H2,(H,15,16). The van der Waals surface area contributed by atoms with Gasteiger partial charge in [0.25, 0.3) is 0 Å². The number of nitrogens with zero attached hydrogens (tertiary/aromatic N) is 2. The molecule has 0 spiro atoms. The monoisotopic (exact) mass is 225 g/mol. The topological polar surface area (TPSA) is 52.5 Å². The van der Waals surface area contributed by atoms with Crippen LogP contribution in [0.3, 0.4) is 0 Å². The van der Waals surface area contributed by atoms with Crippen molar-refractivity contribution < 1.29 is 13.2 Å². The molecule has 1 heterocycles. The molecule has 0 fully saturated rings. The van der Waals surface area contributed by atoms with Crippen molar-refractivity contribution in [2.75, 3.05) is 0 Å². The van der Waals surface area contributed by atoms with Crippen molar-refractivity contribution in [3.05, 3.63) is 29.6 Å². The second-order valence-electron chi connectivity index (χ2n) is 3.27. The molecule has 1 aromatic carbocycles. The van der Waals surface area contributed by atoms with Gasteiger partial charge in [0, 0.05) is 0 Å². The zero-order valence-electron chi connectivity index (χ0n) is 7.97. The largest absolute Gasteiger partial charge is 0.416 e. The number of aromatic nitrogens is 2. The van der Waals surface area contributed by atoms with Gasteiger partial charge in [-0.3, -0.25) is 0 Å². The van der Waals surface area contributed by atoms with Gasteiger partial charge in [0.05, 0.1) is 35.4 Å². The van der Waals surface area contributed by atoms with E-state index < -0.39 is 11.7 Å². The van der Waals surface area contributed by atoms with Crippen LogP contribution in [0.4, 0.5) is 13.2 Å². The minimum Gasteiger partial charge on any atom is -0.345 e. The lowest BCUT2D eigenvalue weighted by molar-refractivity contribution is -0.137. The van der Waals surface area contributed by atoms with Crippen molar-refractivity contribution in [1.29, 1.82) is 5.26 Å². The molecule has 16 heavy (non-hydrogen) atoms. The van der Waals surface area contributed by atoms with Crippen molar-refractivity contribution in [3.8, 4) is 6.07 Å². The van der Waals surface area contributed by atoms with Crippen molar-refractivity contribution in [1.82, 2.24) is 9.97 Å². The zero-order valence-corrected chi connectivity index (χ0v) is 7.97. The van der Waals surface area contributed by atoms with Gasteiger partial charge in [-0.25, -0.2) is 4.98 Å². The molecule has 1 N–H and O–H groups in total. The Morgan fingerprint density at radius 2 is 2.12 bits per heavy atom. The van der Waals surface area contributed by atoms with Gasteiger partial charge < -0.3 is 4.98 Å². The van der Waals surface area contributed by atoms with Gasteiger partial charge in [-0.05, 0) is 17.7 Å². The van der Waals surface area contributed by atoms with Crippen LogP contribution in [0, 0.1) is 11.3 Å². The van der Waals surface area contributed by atoms with Gasteiger partial charge in [-0.2, -0.15) is 18.4 Å². The molecular weight excluding hydrogens is 219 g/mol. The number of benzene rings is 1. The Morgan fingerprint density at radius 1 is 1.38 bits per heavy atom. The molecule has 6 heteroatoms. The molecule has 0 radical (unpaired) electrons. The molecule has 1 aromatic heterocycles. The molecule has 0 atom stereocenters. The molecule has 0 aliphatic rings. The fourth-order valence-electron chi connectivity index (χ4n) is 1.51. The molecule has 0 saturated carbocycles. The molecule has 0 unspecified atom stereocenters. The number of hydrogen-bond donors (Lipinski definition) is 1. The Labute approximate surface area is 88.5 Å². The summed E-state index contributed by atoms with van der Waals surface area (Å²) in [6.07, 6.45) is -3.19. The van der Waals surface area contributed by atoms with Gasteiger partial charge in [0.15, 0.2) is 0 Å². The summed E-state index contributed by atoms with van der Waals surface area (Å²) in [4.78, 5) is 6.50. The highest BCUT2D eigenvalue weighted by Gasteiger charge is 2.31. The Kier molecular flexibility index (Phi) is 2.31. The number of halogens is 3. The highest BCUT2D eigenvalue weighted by molar-refractivity contribution is 5.79. The summed E-state index contributed by atoms with van der Waals surface area (Å²) in [6, 6.07) is 3.78. The Balaban J connectivity index is 2.67. The van der Waals surface area contributed by atoms with Crippen LogP contribution >= 0.6 is 0 Å². The number of nitrogens with one attached hydrogen (secondary N) is 1. The summed E-state index contributed by atoms with van der Waals surface area (Å²) in [5.74, 6) is 0. The molecule has 0 aliphatic heterocycles. The number of fused-ring (bicyclic) bond motifs is 1. The number of rotatable bonds is 1. The second-order valence-corrected chi connectivity index (χ2v) is 3.27. The van der Waals surface area contributed by atoms with Crippen LogP contribution in [-0.4, -0.2) is 9.97 Å². The van der Waals surface area contributed by atoms with E-state index in [1.807, 2.05) is 6.07 Å². The molecule has 3 nitrogen and oxygen atoms in total. The van der Waals surface area contributed by atoms with E-state index in [1.165, 1.54) is 6.33 Å². The van der Waals surface area contributed by atoms with Crippen molar-refractivity contribution in [2.45, 2.75) is 12.6 Å². The van der Waals surface area contributed by atoms with Gasteiger partial charge in [-0.1, -0.05) is 0 Å². The number of aromatic amines is 1. The molecule has 0 amide bonds. The second kappa shape index (κ2) is 3.52. The first-order valence-electron chi connectivity index (χ1n) is 4.42. The third kappa shape index (κ3) is 1.72. The van der Waals surface area contributed by atoms with Crippen LogP contribution in [0.5, 0.6) is 0 Å². The maximum Gasteiger partial charge on any atom is 0.416 e. The smallest absolute Gasteiger partial charge is 0.345 e. The summed E-state index contributed by atoms with van der Waals surface area (Å²) in [7, 11) is 0. The van der Waals surface area contributed by atoms with E-state index in [1.54, 1.807) is 0 Å². The number of hydrogen-bond acceptors (Lipinski definition) is 2. The van der Waals surface area contributed by atoms with Crippen molar-refractivity contribution in [3.63, 3.8) is 0 Å². The maximum atomic E-state index is 12.5.